The fourth-order valence-electron chi connectivity index (χ4n) is 0.618. The number of carbonyl (C=O) groups is 1. The smallest absolute Gasteiger partial charge is 0.226 e. The van der Waals surface area contributed by atoms with E-state index in [0.717, 1.165) is 0 Å². The molecule has 0 fully saturated rings. The summed E-state index contributed by atoms with van der Waals surface area (Å²) in [6.45, 7) is 1.53. The Balaban J connectivity index is 4.51. The molecule has 0 aromatic rings. The van der Waals surface area contributed by atoms with Crippen molar-refractivity contribution in [1.29, 1.82) is 0 Å². The van der Waals surface area contributed by atoms with E-state index >= 15 is 0 Å². The number of halogens is 4. The summed E-state index contributed by atoms with van der Waals surface area (Å²) in [6, 6.07) is 0. The van der Waals surface area contributed by atoms with Gasteiger partial charge in [-0.05, 0) is 13.3 Å². The summed E-state index contributed by atoms with van der Waals surface area (Å²) in [5.74, 6) is -0.608. The minimum Gasteiger partial charge on any atom is -0.369 e. The van der Waals surface area contributed by atoms with E-state index in [0.29, 0.717) is 0 Å². The van der Waals surface area contributed by atoms with Gasteiger partial charge in [0.1, 0.15) is 9.67 Å². The lowest BCUT2D eigenvalue weighted by atomic mass is 9.89. The summed E-state index contributed by atoms with van der Waals surface area (Å²) in [7, 11) is 0. The SMILES string of the molecule is CC(CC(Cl)Cl)(C(N)=O)C(Cl)Cl. The molecular formula is C6H9Cl4NO. The van der Waals surface area contributed by atoms with Gasteiger partial charge >= 0.3 is 0 Å². The lowest BCUT2D eigenvalue weighted by Gasteiger charge is -2.27. The predicted octanol–water partition coefficient (Wildman–Crippen LogP) is 2.48. The topological polar surface area (TPSA) is 43.1 Å². The second kappa shape index (κ2) is 4.75. The van der Waals surface area contributed by atoms with E-state index in [2.05, 4.69) is 0 Å². The second-order valence-electron chi connectivity index (χ2n) is 2.68. The van der Waals surface area contributed by atoms with Gasteiger partial charge in [-0.1, -0.05) is 0 Å². The van der Waals surface area contributed by atoms with Gasteiger partial charge in [-0.2, -0.15) is 0 Å². The number of hydrogen-bond acceptors (Lipinski definition) is 1. The van der Waals surface area contributed by atoms with Crippen molar-refractivity contribution >= 4 is 52.3 Å². The van der Waals surface area contributed by atoms with Crippen LogP contribution in [0.1, 0.15) is 13.3 Å². The van der Waals surface area contributed by atoms with E-state index in [-0.39, 0.29) is 6.42 Å². The van der Waals surface area contributed by atoms with Gasteiger partial charge in [-0.25, -0.2) is 0 Å². The molecule has 0 aliphatic rings. The van der Waals surface area contributed by atoms with Crippen LogP contribution in [0, 0.1) is 5.41 Å². The van der Waals surface area contributed by atoms with Crippen LogP contribution in [0.15, 0.2) is 0 Å². The summed E-state index contributed by atoms with van der Waals surface area (Å²) >= 11 is 22.1. The normalized spacial score (nSPS) is 16.6. The first-order valence-corrected chi connectivity index (χ1v) is 4.91. The Kier molecular flexibility index (Phi) is 5.00. The van der Waals surface area contributed by atoms with E-state index in [9.17, 15) is 4.79 Å². The van der Waals surface area contributed by atoms with Gasteiger partial charge < -0.3 is 5.73 Å². The number of carbonyl (C=O) groups excluding carboxylic acids is 1. The minimum absolute atomic E-state index is 0.142. The molecule has 0 aromatic heterocycles. The molecule has 2 N–H and O–H groups in total. The lowest BCUT2D eigenvalue weighted by Crippen LogP contribution is -2.40. The van der Waals surface area contributed by atoms with Crippen molar-refractivity contribution in [2.24, 2.45) is 11.1 Å². The highest BCUT2D eigenvalue weighted by Crippen LogP contribution is 2.35. The number of rotatable bonds is 4. The Hall–Kier alpha value is 0.630. The average molecular weight is 253 g/mol. The zero-order valence-electron chi connectivity index (χ0n) is 6.36. The Morgan fingerprint density at radius 2 is 1.83 bits per heavy atom. The first-order valence-electron chi connectivity index (χ1n) is 3.17. The van der Waals surface area contributed by atoms with Gasteiger partial charge in [-0.3, -0.25) is 4.79 Å². The third-order valence-corrected chi connectivity index (χ3v) is 2.89. The highest BCUT2D eigenvalue weighted by Gasteiger charge is 2.39. The van der Waals surface area contributed by atoms with Crippen molar-refractivity contribution in [2.45, 2.75) is 23.0 Å². The molecule has 0 radical (unpaired) electrons. The second-order valence-corrected chi connectivity index (χ2v) is 5.05. The molecule has 0 spiro atoms. The monoisotopic (exact) mass is 251 g/mol. The number of nitrogens with two attached hydrogens (primary N) is 1. The van der Waals surface area contributed by atoms with Crippen LogP contribution >= 0.6 is 46.4 Å². The predicted molar refractivity (Wildman–Crippen MR) is 52.9 cm³/mol. The molecule has 0 aliphatic heterocycles. The molecule has 6 heteroatoms. The molecule has 1 unspecified atom stereocenters. The summed E-state index contributed by atoms with van der Waals surface area (Å²) in [4.78, 5) is 9.32. The van der Waals surface area contributed by atoms with Crippen molar-refractivity contribution in [3.63, 3.8) is 0 Å². The Morgan fingerprint density at radius 3 is 1.92 bits per heavy atom. The van der Waals surface area contributed by atoms with Gasteiger partial charge in [0.2, 0.25) is 5.91 Å². The zero-order valence-corrected chi connectivity index (χ0v) is 9.38. The zero-order chi connectivity index (χ0) is 9.94. The Labute approximate surface area is 91.3 Å². The minimum atomic E-state index is -1.07. The molecule has 0 saturated heterocycles. The van der Waals surface area contributed by atoms with Crippen LogP contribution < -0.4 is 5.73 Å². The van der Waals surface area contributed by atoms with Crippen molar-refractivity contribution in [3.05, 3.63) is 0 Å². The van der Waals surface area contributed by atoms with E-state index in [1.807, 2.05) is 0 Å². The molecule has 12 heavy (non-hydrogen) atoms. The summed E-state index contributed by atoms with van der Waals surface area (Å²) in [6.07, 6.45) is 0.142. The van der Waals surface area contributed by atoms with Gasteiger partial charge in [0.05, 0.1) is 5.41 Å². The fourth-order valence-corrected chi connectivity index (χ4v) is 1.65. The highest BCUT2D eigenvalue weighted by molar-refractivity contribution is 6.47. The molecule has 2 nitrogen and oxygen atoms in total. The van der Waals surface area contributed by atoms with E-state index < -0.39 is 21.0 Å². The maximum absolute atomic E-state index is 10.9. The molecule has 0 rings (SSSR count). The molecule has 1 amide bonds. The summed E-state index contributed by atoms with van der Waals surface area (Å²) in [5, 5.41) is 0. The van der Waals surface area contributed by atoms with E-state index in [1.165, 1.54) is 6.92 Å². The van der Waals surface area contributed by atoms with Crippen LogP contribution in [0.25, 0.3) is 0 Å². The standard InChI is InChI=1S/C6H9Cl4NO/c1-6(4(9)10,5(11)12)2-3(7)8/h3-4H,2H2,1H3,(H2,11,12). The van der Waals surface area contributed by atoms with Gasteiger partial charge in [0, 0.05) is 0 Å². The van der Waals surface area contributed by atoms with Crippen molar-refractivity contribution < 1.29 is 4.79 Å². The molecule has 0 bridgehead atoms. The van der Waals surface area contributed by atoms with Crippen LogP contribution in [0.2, 0.25) is 0 Å². The average Bonchev–Trinajstić information content (AvgIpc) is 1.84. The largest absolute Gasteiger partial charge is 0.369 e. The van der Waals surface area contributed by atoms with E-state index in [4.69, 9.17) is 52.1 Å². The summed E-state index contributed by atoms with van der Waals surface area (Å²) < 4.78 is 0. The number of alkyl halides is 4. The third-order valence-electron chi connectivity index (χ3n) is 1.62. The van der Waals surface area contributed by atoms with Gasteiger partial charge in [0.15, 0.2) is 0 Å². The Bertz CT molecular complexity index is 173. The molecule has 1 atom stereocenters. The third kappa shape index (κ3) is 3.17. The van der Waals surface area contributed by atoms with Crippen molar-refractivity contribution in [3.8, 4) is 0 Å². The maximum atomic E-state index is 10.9. The molecular weight excluding hydrogens is 244 g/mol. The van der Waals surface area contributed by atoms with Crippen molar-refractivity contribution in [1.82, 2.24) is 0 Å². The Morgan fingerprint density at radius 1 is 1.42 bits per heavy atom. The highest BCUT2D eigenvalue weighted by atomic mass is 35.5. The van der Waals surface area contributed by atoms with Crippen LogP contribution in [0.3, 0.4) is 0 Å². The molecule has 72 valence electrons. The number of amides is 1. The van der Waals surface area contributed by atoms with Gasteiger partial charge in [-0.15, -0.1) is 46.4 Å². The molecule has 0 saturated carbocycles. The van der Waals surface area contributed by atoms with Crippen molar-refractivity contribution in [2.75, 3.05) is 0 Å². The molecule has 0 heterocycles. The molecule has 0 aliphatic carbocycles. The van der Waals surface area contributed by atoms with Gasteiger partial charge in [0.25, 0.3) is 0 Å². The van der Waals surface area contributed by atoms with Crippen LogP contribution in [-0.2, 0) is 4.79 Å². The number of hydrogen-bond donors (Lipinski definition) is 1. The van der Waals surface area contributed by atoms with Crippen LogP contribution in [0.5, 0.6) is 0 Å². The first-order chi connectivity index (χ1) is 5.30. The van der Waals surface area contributed by atoms with E-state index in [1.54, 1.807) is 0 Å². The fraction of sp³-hybridized carbons (Fsp3) is 0.833. The van der Waals surface area contributed by atoms with Crippen LogP contribution in [0.4, 0.5) is 0 Å². The lowest BCUT2D eigenvalue weighted by molar-refractivity contribution is -0.126. The maximum Gasteiger partial charge on any atom is 0.226 e. The quantitative estimate of drug-likeness (QED) is 0.768. The van der Waals surface area contributed by atoms with Crippen LogP contribution in [-0.4, -0.2) is 15.6 Å². The number of primary amides is 1. The summed E-state index contributed by atoms with van der Waals surface area (Å²) in [5.41, 5.74) is 4.02. The molecule has 0 aromatic carbocycles. The first kappa shape index (κ1) is 12.6.